The molecule has 12 heteroatoms. The number of Topliss-reactive ketones (excluding diaryl/α,β-unsaturated/α-hetero) is 1. The summed E-state index contributed by atoms with van der Waals surface area (Å²) in [5.74, 6) is -0.782. The maximum Gasteiger partial charge on any atom is 0.342 e. The molecule has 0 radical (unpaired) electrons. The predicted molar refractivity (Wildman–Crippen MR) is 152 cm³/mol. The monoisotopic (exact) mass is 572 g/mol. The Morgan fingerprint density at radius 3 is 2.34 bits per heavy atom. The molecule has 0 unspecified atom stereocenters. The molecule has 41 heavy (non-hydrogen) atoms. The van der Waals surface area contributed by atoms with E-state index >= 15 is 0 Å². The van der Waals surface area contributed by atoms with Crippen LogP contribution in [-0.4, -0.2) is 101 Å². The van der Waals surface area contributed by atoms with Crippen molar-refractivity contribution in [3.05, 3.63) is 59.2 Å². The normalized spacial score (nSPS) is 28.0. The summed E-state index contributed by atoms with van der Waals surface area (Å²) < 4.78 is 10.9. The summed E-state index contributed by atoms with van der Waals surface area (Å²) in [5.41, 5.74) is 1.30. The second kappa shape index (κ2) is 11.6. The molecule has 1 fully saturated rings. The number of carbonyl (C=O) groups is 3. The number of ether oxygens (including phenoxy) is 2. The Morgan fingerprint density at radius 1 is 1.15 bits per heavy atom. The van der Waals surface area contributed by atoms with Gasteiger partial charge in [0, 0.05) is 25.3 Å². The standard InChI is InChI=1S/C29H40N4O8/c1-16-10-8-13-21(40-7)22(16)25(36)41-15-28(39)24(31-20-12-9-11-19(14-20)17(2)34)23(30)29(18(3)35,27(28,4)38)32-26(37)33(5)6/h8-14,18,23-24,31,35,38-39H,15,30H2,1-7H3,(H,32,37)/t18-,23-,24-,27-,28+,29-/m0/s1. The minimum Gasteiger partial charge on any atom is -0.496 e. The quantitative estimate of drug-likeness (QED) is 0.188. The van der Waals surface area contributed by atoms with Gasteiger partial charge in [-0.25, -0.2) is 9.59 Å². The van der Waals surface area contributed by atoms with Crippen LogP contribution in [0, 0.1) is 6.92 Å². The number of rotatable bonds is 9. The lowest BCUT2D eigenvalue weighted by Crippen LogP contribution is -2.76. The van der Waals surface area contributed by atoms with Gasteiger partial charge < -0.3 is 46.1 Å². The van der Waals surface area contributed by atoms with Crippen LogP contribution in [0.25, 0.3) is 0 Å². The van der Waals surface area contributed by atoms with E-state index in [0.29, 0.717) is 16.8 Å². The first-order chi connectivity index (χ1) is 19.0. The molecule has 0 aliphatic heterocycles. The largest absolute Gasteiger partial charge is 0.496 e. The first kappa shape index (κ1) is 31.8. The van der Waals surface area contributed by atoms with E-state index in [1.165, 1.54) is 52.9 Å². The van der Waals surface area contributed by atoms with Crippen molar-refractivity contribution in [1.29, 1.82) is 0 Å². The van der Waals surface area contributed by atoms with E-state index in [2.05, 4.69) is 10.6 Å². The zero-order chi connectivity index (χ0) is 30.9. The number of benzene rings is 2. The third kappa shape index (κ3) is 5.35. The van der Waals surface area contributed by atoms with E-state index in [1.807, 2.05) is 0 Å². The third-order valence-electron chi connectivity index (χ3n) is 8.10. The van der Waals surface area contributed by atoms with Crippen LogP contribution in [0.5, 0.6) is 5.75 Å². The van der Waals surface area contributed by atoms with Crippen molar-refractivity contribution >= 4 is 23.5 Å². The van der Waals surface area contributed by atoms with E-state index < -0.39 is 53.5 Å². The van der Waals surface area contributed by atoms with Crippen molar-refractivity contribution in [1.82, 2.24) is 10.2 Å². The first-order valence-electron chi connectivity index (χ1n) is 13.1. The van der Waals surface area contributed by atoms with Crippen LogP contribution in [0.2, 0.25) is 0 Å². The van der Waals surface area contributed by atoms with Crippen molar-refractivity contribution in [3.63, 3.8) is 0 Å². The Bertz CT molecular complexity index is 1310. The zero-order valence-corrected chi connectivity index (χ0v) is 24.4. The zero-order valence-electron chi connectivity index (χ0n) is 24.4. The number of esters is 1. The van der Waals surface area contributed by atoms with Crippen molar-refractivity contribution in [2.24, 2.45) is 5.73 Å². The summed E-state index contributed by atoms with van der Waals surface area (Å²) >= 11 is 0. The molecule has 1 saturated carbocycles. The topological polar surface area (TPSA) is 184 Å². The number of aliphatic hydroxyl groups excluding tert-OH is 1. The number of aliphatic hydroxyl groups is 3. The Hall–Kier alpha value is -3.71. The molecule has 2 amide bonds. The van der Waals surface area contributed by atoms with E-state index in [1.54, 1.807) is 43.3 Å². The predicted octanol–water partition coefficient (Wildman–Crippen LogP) is 1.06. The highest BCUT2D eigenvalue weighted by molar-refractivity contribution is 5.95. The molecule has 7 N–H and O–H groups in total. The van der Waals surface area contributed by atoms with Crippen molar-refractivity contribution < 1.29 is 39.2 Å². The lowest BCUT2D eigenvalue weighted by atomic mass is 9.73. The average molecular weight is 573 g/mol. The van der Waals surface area contributed by atoms with E-state index in [9.17, 15) is 29.7 Å². The summed E-state index contributed by atoms with van der Waals surface area (Å²) in [6, 6.07) is 8.02. The maximum atomic E-state index is 13.3. The number of urea groups is 1. The number of hydrogen-bond donors (Lipinski definition) is 6. The van der Waals surface area contributed by atoms with Crippen LogP contribution >= 0.6 is 0 Å². The van der Waals surface area contributed by atoms with Gasteiger partial charge in [-0.15, -0.1) is 0 Å². The van der Waals surface area contributed by atoms with E-state index in [0.717, 1.165) is 0 Å². The number of hydrogen-bond acceptors (Lipinski definition) is 10. The number of amides is 2. The number of nitrogens with two attached hydrogens (primary N) is 1. The number of methoxy groups -OCH3 is 1. The number of carbonyl (C=O) groups excluding carboxylic acids is 3. The van der Waals surface area contributed by atoms with E-state index in [-0.39, 0.29) is 17.1 Å². The maximum absolute atomic E-state index is 13.3. The second-order valence-corrected chi connectivity index (χ2v) is 10.9. The molecule has 1 aliphatic carbocycles. The van der Waals surface area contributed by atoms with Crippen LogP contribution in [0.4, 0.5) is 10.5 Å². The van der Waals surface area contributed by atoms with Crippen LogP contribution in [0.3, 0.4) is 0 Å². The molecule has 2 aromatic carbocycles. The molecule has 2 aromatic rings. The molecule has 0 aromatic heterocycles. The fourth-order valence-corrected chi connectivity index (χ4v) is 5.60. The van der Waals surface area contributed by atoms with Gasteiger partial charge in [0.25, 0.3) is 0 Å². The van der Waals surface area contributed by atoms with Crippen LogP contribution in [0.15, 0.2) is 42.5 Å². The van der Waals surface area contributed by atoms with Gasteiger partial charge in [-0.2, -0.15) is 0 Å². The average Bonchev–Trinajstić information content (AvgIpc) is 3.03. The number of aryl methyl sites for hydroxylation is 1. The van der Waals surface area contributed by atoms with Gasteiger partial charge in [0.1, 0.15) is 29.1 Å². The molecular formula is C29H40N4O8. The lowest BCUT2D eigenvalue weighted by Gasteiger charge is -2.48. The van der Waals surface area contributed by atoms with Gasteiger partial charge in [-0.3, -0.25) is 4.79 Å². The fourth-order valence-electron chi connectivity index (χ4n) is 5.60. The molecule has 0 bridgehead atoms. The molecule has 0 saturated heterocycles. The highest BCUT2D eigenvalue weighted by Crippen LogP contribution is 2.49. The number of anilines is 1. The number of nitrogens with zero attached hydrogens (tertiary/aromatic N) is 1. The number of ketones is 1. The Balaban J connectivity index is 2.14. The molecule has 3 rings (SSSR count). The van der Waals surface area contributed by atoms with Crippen LogP contribution in [-0.2, 0) is 4.74 Å². The van der Waals surface area contributed by atoms with Crippen LogP contribution in [0.1, 0.15) is 47.1 Å². The van der Waals surface area contributed by atoms with Gasteiger partial charge in [-0.1, -0.05) is 24.3 Å². The van der Waals surface area contributed by atoms with Gasteiger partial charge in [0.05, 0.1) is 25.3 Å². The Kier molecular flexibility index (Phi) is 9.04. The Morgan fingerprint density at radius 2 is 1.78 bits per heavy atom. The van der Waals surface area contributed by atoms with Crippen molar-refractivity contribution in [2.45, 2.75) is 62.6 Å². The second-order valence-electron chi connectivity index (χ2n) is 10.9. The van der Waals surface area contributed by atoms with E-state index in [4.69, 9.17) is 15.2 Å². The van der Waals surface area contributed by atoms with Crippen LogP contribution < -0.4 is 21.1 Å². The summed E-state index contributed by atoms with van der Waals surface area (Å²) in [6.45, 7) is 4.84. The number of nitrogens with one attached hydrogen (secondary N) is 2. The fraction of sp³-hybridized carbons (Fsp3) is 0.483. The highest BCUT2D eigenvalue weighted by atomic mass is 16.5. The summed E-state index contributed by atoms with van der Waals surface area (Å²) in [4.78, 5) is 39.4. The third-order valence-corrected chi connectivity index (χ3v) is 8.10. The van der Waals surface area contributed by atoms with Crippen molar-refractivity contribution in [3.8, 4) is 5.75 Å². The summed E-state index contributed by atoms with van der Waals surface area (Å²) in [7, 11) is 4.33. The molecule has 1 aliphatic rings. The van der Waals surface area contributed by atoms with Gasteiger partial charge in [-0.05, 0) is 51.5 Å². The minimum absolute atomic E-state index is 0.127. The van der Waals surface area contributed by atoms with Gasteiger partial charge in [0.15, 0.2) is 11.4 Å². The molecule has 0 heterocycles. The molecule has 12 nitrogen and oxygen atoms in total. The molecule has 6 atom stereocenters. The van der Waals surface area contributed by atoms with Crippen molar-refractivity contribution in [2.75, 3.05) is 33.1 Å². The lowest BCUT2D eigenvalue weighted by molar-refractivity contribution is -0.186. The SMILES string of the molecule is COc1cccc(C)c1C(=O)OC[C@@]1(O)[C@@H](Nc2cccc(C(C)=O)c2)[C@H](N)[C@@](NC(=O)N(C)C)([C@H](C)O)[C@@]1(C)O. The molecular weight excluding hydrogens is 532 g/mol. The van der Waals surface area contributed by atoms with Gasteiger partial charge >= 0.3 is 12.0 Å². The summed E-state index contributed by atoms with van der Waals surface area (Å²) in [5, 5.41) is 41.1. The molecule has 224 valence electrons. The summed E-state index contributed by atoms with van der Waals surface area (Å²) in [6.07, 6.45) is -1.49. The Labute approximate surface area is 239 Å². The smallest absolute Gasteiger partial charge is 0.342 e. The minimum atomic E-state index is -2.39. The highest BCUT2D eigenvalue weighted by Gasteiger charge is 2.76. The first-order valence-corrected chi connectivity index (χ1v) is 13.1. The van der Waals surface area contributed by atoms with Gasteiger partial charge in [0.2, 0.25) is 0 Å². The molecule has 0 spiro atoms.